The number of carbonyl (C=O) groups is 3. The molecule has 1 aromatic heterocycles. The van der Waals surface area contributed by atoms with Gasteiger partial charge in [0.25, 0.3) is 5.91 Å². The molecule has 20 heavy (non-hydrogen) atoms. The van der Waals surface area contributed by atoms with Crippen molar-refractivity contribution in [3.63, 3.8) is 0 Å². The lowest BCUT2D eigenvalue weighted by molar-refractivity contribution is -0.127. The molecule has 0 spiro atoms. The molecular weight excluding hydrogens is 280 g/mol. The third-order valence-corrected chi connectivity index (χ3v) is 3.62. The van der Waals surface area contributed by atoms with Crippen LogP contribution in [0.5, 0.6) is 0 Å². The van der Waals surface area contributed by atoms with E-state index in [0.29, 0.717) is 4.88 Å². The quantitative estimate of drug-likeness (QED) is 0.840. The number of hydrogen-bond acceptors (Lipinski definition) is 5. The van der Waals surface area contributed by atoms with Crippen LogP contribution in [-0.4, -0.2) is 24.0 Å². The highest BCUT2D eigenvalue weighted by Gasteiger charge is 2.21. The summed E-state index contributed by atoms with van der Waals surface area (Å²) < 4.78 is 5.93. The lowest BCUT2D eigenvalue weighted by Gasteiger charge is -2.10. The molecule has 1 atom stereocenters. The van der Waals surface area contributed by atoms with Crippen LogP contribution in [-0.2, 0) is 9.53 Å². The number of benzene rings is 1. The number of hydrogen-bond donors (Lipinski definition) is 2. The third kappa shape index (κ3) is 3.12. The molecule has 0 aliphatic carbocycles. The van der Waals surface area contributed by atoms with E-state index in [9.17, 15) is 14.4 Å². The number of amides is 3. The Balaban J connectivity index is 2.08. The zero-order valence-electron chi connectivity index (χ0n) is 10.6. The van der Waals surface area contributed by atoms with Gasteiger partial charge in [-0.05, 0) is 24.4 Å². The highest BCUT2D eigenvalue weighted by atomic mass is 32.1. The summed E-state index contributed by atoms with van der Waals surface area (Å²) in [5, 5.41) is 2.78. The minimum Gasteiger partial charge on any atom is -0.448 e. The molecule has 7 heteroatoms. The van der Waals surface area contributed by atoms with Gasteiger partial charge in [-0.2, -0.15) is 0 Å². The first-order valence-corrected chi connectivity index (χ1v) is 6.59. The largest absolute Gasteiger partial charge is 0.448 e. The molecule has 0 aliphatic heterocycles. The van der Waals surface area contributed by atoms with Gasteiger partial charge in [-0.1, -0.05) is 18.2 Å². The van der Waals surface area contributed by atoms with E-state index in [1.54, 1.807) is 6.07 Å². The van der Waals surface area contributed by atoms with Gasteiger partial charge in [0, 0.05) is 4.70 Å². The number of ether oxygens (including phenoxy) is 1. The Morgan fingerprint density at radius 2 is 2.00 bits per heavy atom. The van der Waals surface area contributed by atoms with Crippen LogP contribution >= 0.6 is 11.3 Å². The normalized spacial score (nSPS) is 11.8. The van der Waals surface area contributed by atoms with Gasteiger partial charge in [0.05, 0.1) is 0 Å². The summed E-state index contributed by atoms with van der Waals surface area (Å²) in [4.78, 5) is 34.2. The van der Waals surface area contributed by atoms with E-state index in [-0.39, 0.29) is 0 Å². The maximum Gasteiger partial charge on any atom is 0.349 e. The van der Waals surface area contributed by atoms with Crippen LogP contribution in [0.3, 0.4) is 0 Å². The summed E-state index contributed by atoms with van der Waals surface area (Å²) in [7, 11) is 0. The van der Waals surface area contributed by atoms with Gasteiger partial charge in [-0.3, -0.25) is 10.1 Å². The van der Waals surface area contributed by atoms with Gasteiger partial charge in [0.15, 0.2) is 6.10 Å². The van der Waals surface area contributed by atoms with Crippen molar-refractivity contribution >= 4 is 39.3 Å². The number of imide groups is 1. The predicted molar refractivity (Wildman–Crippen MR) is 74.4 cm³/mol. The average Bonchev–Trinajstić information content (AvgIpc) is 2.81. The predicted octanol–water partition coefficient (Wildman–Crippen LogP) is 1.64. The number of primary amides is 1. The van der Waals surface area contributed by atoms with Gasteiger partial charge in [0.1, 0.15) is 4.88 Å². The molecular formula is C13H12N2O4S. The van der Waals surface area contributed by atoms with E-state index in [1.807, 2.05) is 29.6 Å². The van der Waals surface area contributed by atoms with Gasteiger partial charge >= 0.3 is 12.0 Å². The summed E-state index contributed by atoms with van der Waals surface area (Å²) in [6, 6.07) is 8.22. The fourth-order valence-electron chi connectivity index (χ4n) is 1.58. The Kier molecular flexibility index (Phi) is 3.99. The van der Waals surface area contributed by atoms with Crippen LogP contribution in [0.25, 0.3) is 10.1 Å². The molecule has 0 aliphatic rings. The second kappa shape index (κ2) is 5.70. The molecule has 3 amide bonds. The molecule has 2 rings (SSSR count). The van der Waals surface area contributed by atoms with Crippen molar-refractivity contribution in [3.8, 4) is 0 Å². The molecule has 2 aromatic rings. The fraction of sp³-hybridized carbons (Fsp3) is 0.154. The number of nitrogens with one attached hydrogen (secondary N) is 1. The Hall–Kier alpha value is -2.41. The topological polar surface area (TPSA) is 98.5 Å². The van der Waals surface area contributed by atoms with Crippen molar-refractivity contribution in [3.05, 3.63) is 35.2 Å². The Morgan fingerprint density at radius 3 is 2.65 bits per heavy atom. The Morgan fingerprint density at radius 1 is 1.30 bits per heavy atom. The van der Waals surface area contributed by atoms with Gasteiger partial charge < -0.3 is 10.5 Å². The maximum absolute atomic E-state index is 11.9. The molecule has 1 aromatic carbocycles. The molecule has 0 fully saturated rings. The molecule has 6 nitrogen and oxygen atoms in total. The number of fused-ring (bicyclic) bond motifs is 1. The second-order valence-corrected chi connectivity index (χ2v) is 5.13. The van der Waals surface area contributed by atoms with Gasteiger partial charge in [-0.25, -0.2) is 9.59 Å². The van der Waals surface area contributed by atoms with Gasteiger partial charge in [0.2, 0.25) is 0 Å². The average molecular weight is 292 g/mol. The van der Waals surface area contributed by atoms with E-state index >= 15 is 0 Å². The molecule has 0 saturated carbocycles. The monoisotopic (exact) mass is 292 g/mol. The van der Waals surface area contributed by atoms with Crippen LogP contribution in [0.1, 0.15) is 16.6 Å². The molecule has 0 saturated heterocycles. The van der Waals surface area contributed by atoms with Crippen LogP contribution in [0.15, 0.2) is 30.3 Å². The van der Waals surface area contributed by atoms with E-state index in [0.717, 1.165) is 10.1 Å². The van der Waals surface area contributed by atoms with Crippen LogP contribution in [0.4, 0.5) is 4.79 Å². The maximum atomic E-state index is 11.9. The zero-order valence-corrected chi connectivity index (χ0v) is 11.4. The molecule has 0 unspecified atom stereocenters. The number of nitrogens with two attached hydrogens (primary N) is 1. The standard InChI is InChI=1S/C13H12N2O4S/c1-7(11(16)15-13(14)18)19-12(17)10-6-8-4-2-3-5-9(8)20-10/h2-7H,1H3,(H3,14,15,16,18)/t7-/m1/s1. The Labute approximate surface area is 118 Å². The highest BCUT2D eigenvalue weighted by molar-refractivity contribution is 7.20. The zero-order chi connectivity index (χ0) is 14.7. The van der Waals surface area contributed by atoms with Crippen LogP contribution < -0.4 is 11.1 Å². The number of esters is 1. The van der Waals surface area contributed by atoms with Gasteiger partial charge in [-0.15, -0.1) is 11.3 Å². The summed E-state index contributed by atoms with van der Waals surface area (Å²) in [6.45, 7) is 1.36. The molecule has 104 valence electrons. The molecule has 0 radical (unpaired) electrons. The lowest BCUT2D eigenvalue weighted by atomic mass is 10.2. The van der Waals surface area contributed by atoms with Crippen molar-refractivity contribution in [2.45, 2.75) is 13.0 Å². The summed E-state index contributed by atoms with van der Waals surface area (Å²) in [5.74, 6) is -1.37. The number of rotatable bonds is 3. The molecule has 1 heterocycles. The van der Waals surface area contributed by atoms with E-state index < -0.39 is 24.0 Å². The first kappa shape index (κ1) is 14.0. The van der Waals surface area contributed by atoms with Crippen molar-refractivity contribution < 1.29 is 19.1 Å². The fourth-order valence-corrected chi connectivity index (χ4v) is 2.52. The van der Waals surface area contributed by atoms with E-state index in [4.69, 9.17) is 10.5 Å². The second-order valence-electron chi connectivity index (χ2n) is 4.05. The minimum absolute atomic E-state index is 0.393. The first-order valence-electron chi connectivity index (χ1n) is 5.77. The molecule has 0 bridgehead atoms. The first-order chi connectivity index (χ1) is 9.47. The summed E-state index contributed by atoms with van der Waals surface area (Å²) in [6.07, 6.45) is -1.10. The summed E-state index contributed by atoms with van der Waals surface area (Å²) >= 11 is 1.28. The molecule has 3 N–H and O–H groups in total. The SMILES string of the molecule is C[C@@H](OC(=O)c1cc2ccccc2s1)C(=O)NC(N)=O. The number of thiophene rings is 1. The lowest BCUT2D eigenvalue weighted by Crippen LogP contribution is -2.42. The Bertz CT molecular complexity index is 647. The number of urea groups is 1. The summed E-state index contributed by atoms with van der Waals surface area (Å²) in [5.41, 5.74) is 4.81. The highest BCUT2D eigenvalue weighted by Crippen LogP contribution is 2.25. The van der Waals surface area contributed by atoms with Crippen molar-refractivity contribution in [2.75, 3.05) is 0 Å². The van der Waals surface area contributed by atoms with Crippen molar-refractivity contribution in [1.82, 2.24) is 5.32 Å². The van der Waals surface area contributed by atoms with E-state index in [1.165, 1.54) is 18.3 Å². The van der Waals surface area contributed by atoms with Crippen LogP contribution in [0.2, 0.25) is 0 Å². The smallest absolute Gasteiger partial charge is 0.349 e. The van der Waals surface area contributed by atoms with Crippen LogP contribution in [0, 0.1) is 0 Å². The van der Waals surface area contributed by atoms with Crippen molar-refractivity contribution in [1.29, 1.82) is 0 Å². The van der Waals surface area contributed by atoms with Crippen molar-refractivity contribution in [2.24, 2.45) is 5.73 Å². The minimum atomic E-state index is -1.10. The van der Waals surface area contributed by atoms with E-state index in [2.05, 4.69) is 0 Å². The third-order valence-electron chi connectivity index (χ3n) is 2.53. The number of carbonyl (C=O) groups excluding carboxylic acids is 3.